The van der Waals surface area contributed by atoms with E-state index in [4.69, 9.17) is 5.73 Å². The zero-order valence-electron chi connectivity index (χ0n) is 17.2. The first-order chi connectivity index (χ1) is 14.1. The second-order valence-corrected chi connectivity index (χ2v) is 10.1. The molecule has 0 aliphatic heterocycles. The number of nitrogens with two attached hydrogens (primary N) is 1. The summed E-state index contributed by atoms with van der Waals surface area (Å²) in [6, 6.07) is 15.7. The maximum atomic E-state index is 13.2. The summed E-state index contributed by atoms with van der Waals surface area (Å²) in [5.41, 5.74) is 7.57. The van der Waals surface area contributed by atoms with Gasteiger partial charge in [0.25, 0.3) is 0 Å². The number of hydrogen-bond donors (Lipinski definition) is 4. The van der Waals surface area contributed by atoms with Gasteiger partial charge in [0.2, 0.25) is 13.3 Å². The van der Waals surface area contributed by atoms with Gasteiger partial charge in [-0.15, -0.1) is 0 Å². The van der Waals surface area contributed by atoms with Crippen LogP contribution in [0.4, 0.5) is 0 Å². The minimum atomic E-state index is -4.06. The summed E-state index contributed by atoms with van der Waals surface area (Å²) in [6.07, 6.45) is -0.407. The molecule has 0 saturated carbocycles. The summed E-state index contributed by atoms with van der Waals surface area (Å²) >= 11 is 0. The number of rotatable bonds is 10. The summed E-state index contributed by atoms with van der Waals surface area (Å²) in [7, 11) is -4.06. The van der Waals surface area contributed by atoms with Gasteiger partial charge >= 0.3 is 5.97 Å². The van der Waals surface area contributed by atoms with Crippen molar-refractivity contribution in [3.63, 3.8) is 0 Å². The van der Waals surface area contributed by atoms with Crippen LogP contribution in [0, 0.1) is 5.92 Å². The zero-order chi connectivity index (χ0) is 22.3. The highest BCUT2D eigenvalue weighted by molar-refractivity contribution is 7.58. The fraction of sp³-hybridized carbons (Fsp3) is 0.364. The van der Waals surface area contributed by atoms with Crippen molar-refractivity contribution in [1.82, 2.24) is 5.32 Å². The summed E-state index contributed by atoms with van der Waals surface area (Å²) in [5.74, 6) is -4.17. The van der Waals surface area contributed by atoms with Gasteiger partial charge in [0.05, 0.1) is 12.3 Å². The number of carboxylic acids is 1. The van der Waals surface area contributed by atoms with Gasteiger partial charge in [-0.2, -0.15) is 0 Å². The third-order valence-corrected chi connectivity index (χ3v) is 7.40. The molecular formula is C22H29N2O5P. The molecule has 3 atom stereocenters. The van der Waals surface area contributed by atoms with E-state index in [0.29, 0.717) is 5.56 Å². The molecule has 2 aromatic rings. The van der Waals surface area contributed by atoms with Crippen molar-refractivity contribution in [3.8, 4) is 0 Å². The Morgan fingerprint density at radius 2 is 1.70 bits per heavy atom. The Hall–Kier alpha value is -2.47. The molecule has 30 heavy (non-hydrogen) atoms. The number of aliphatic carboxylic acids is 1. The van der Waals surface area contributed by atoms with Crippen LogP contribution in [0.2, 0.25) is 0 Å². The smallest absolute Gasteiger partial charge is 0.311 e. The standard InChI is InChI=1S/C22H29N2O5P/c1-15(2)21(24-20(25)12-16-7-4-3-5-8-16)30(28,29)14-19(22(26)27)18-10-6-9-17(11-18)13-23/h3-11,15,19,21H,12-14,23H2,1-2H3,(H,24,25)(H,26,27)(H,28,29). The minimum absolute atomic E-state index is 0.0744. The molecule has 2 rings (SSSR count). The molecule has 3 unspecified atom stereocenters. The second-order valence-electron chi connectivity index (χ2n) is 7.70. The van der Waals surface area contributed by atoms with Crippen LogP contribution in [0.15, 0.2) is 54.6 Å². The topological polar surface area (TPSA) is 130 Å². The Balaban J connectivity index is 2.21. The average Bonchev–Trinajstić information content (AvgIpc) is 2.70. The summed E-state index contributed by atoms with van der Waals surface area (Å²) < 4.78 is 13.2. The van der Waals surface area contributed by atoms with Crippen molar-refractivity contribution < 1.29 is 24.2 Å². The quantitative estimate of drug-likeness (QED) is 0.427. The molecule has 7 nitrogen and oxygen atoms in total. The van der Waals surface area contributed by atoms with E-state index >= 15 is 0 Å². The molecule has 1 amide bonds. The minimum Gasteiger partial charge on any atom is -0.481 e. The number of amides is 1. The molecule has 0 heterocycles. The maximum absolute atomic E-state index is 13.2. The van der Waals surface area contributed by atoms with Crippen LogP contribution in [0.25, 0.3) is 0 Å². The summed E-state index contributed by atoms with van der Waals surface area (Å²) in [6.45, 7) is 3.68. The Kier molecular flexibility index (Phi) is 8.35. The van der Waals surface area contributed by atoms with Gasteiger partial charge in [-0.25, -0.2) is 0 Å². The predicted molar refractivity (Wildman–Crippen MR) is 116 cm³/mol. The van der Waals surface area contributed by atoms with Gasteiger partial charge in [-0.05, 0) is 22.6 Å². The molecule has 0 spiro atoms. The van der Waals surface area contributed by atoms with Gasteiger partial charge in [0.15, 0.2) is 0 Å². The van der Waals surface area contributed by atoms with Gasteiger partial charge in [-0.1, -0.05) is 68.4 Å². The molecule has 8 heteroatoms. The van der Waals surface area contributed by atoms with Gasteiger partial charge < -0.3 is 21.1 Å². The summed E-state index contributed by atoms with van der Waals surface area (Å²) in [4.78, 5) is 35.2. The van der Waals surface area contributed by atoms with E-state index in [1.807, 2.05) is 18.2 Å². The lowest BCUT2D eigenvalue weighted by molar-refractivity contribution is -0.138. The summed E-state index contributed by atoms with van der Waals surface area (Å²) in [5, 5.41) is 12.4. The molecule has 0 fully saturated rings. The number of hydrogen-bond acceptors (Lipinski definition) is 4. The number of nitrogens with one attached hydrogen (secondary N) is 1. The van der Waals surface area contributed by atoms with E-state index in [1.54, 1.807) is 50.2 Å². The molecule has 0 aromatic heterocycles. The van der Waals surface area contributed by atoms with Crippen molar-refractivity contribution in [2.75, 3.05) is 6.16 Å². The van der Waals surface area contributed by atoms with Gasteiger partial charge in [0.1, 0.15) is 5.78 Å². The highest BCUT2D eigenvalue weighted by Crippen LogP contribution is 2.51. The molecule has 0 bridgehead atoms. The molecule has 0 aliphatic carbocycles. The Labute approximate surface area is 176 Å². The second kappa shape index (κ2) is 10.5. The van der Waals surface area contributed by atoms with Crippen LogP contribution in [0.3, 0.4) is 0 Å². The van der Waals surface area contributed by atoms with Crippen LogP contribution in [-0.4, -0.2) is 33.8 Å². The molecule has 162 valence electrons. The lowest BCUT2D eigenvalue weighted by atomic mass is 9.99. The maximum Gasteiger partial charge on any atom is 0.311 e. The monoisotopic (exact) mass is 432 g/mol. The van der Waals surface area contributed by atoms with E-state index in [9.17, 15) is 24.2 Å². The third kappa shape index (κ3) is 6.52. The van der Waals surface area contributed by atoms with Gasteiger partial charge in [0, 0.05) is 12.7 Å². The Bertz CT molecular complexity index is 917. The Morgan fingerprint density at radius 1 is 1.07 bits per heavy atom. The third-order valence-electron chi connectivity index (χ3n) is 4.91. The van der Waals surface area contributed by atoms with Crippen molar-refractivity contribution in [2.24, 2.45) is 11.7 Å². The van der Waals surface area contributed by atoms with Crippen LogP contribution < -0.4 is 11.1 Å². The molecule has 5 N–H and O–H groups in total. The first-order valence-corrected chi connectivity index (χ1v) is 11.7. The van der Waals surface area contributed by atoms with E-state index in [2.05, 4.69) is 5.32 Å². The molecule has 0 radical (unpaired) electrons. The Morgan fingerprint density at radius 3 is 2.27 bits per heavy atom. The fourth-order valence-corrected chi connectivity index (χ4v) is 5.76. The molecule has 2 aromatic carbocycles. The lowest BCUT2D eigenvalue weighted by Crippen LogP contribution is -2.40. The van der Waals surface area contributed by atoms with E-state index in [1.165, 1.54) is 0 Å². The number of carbonyl (C=O) groups is 2. The molecule has 0 aliphatic rings. The van der Waals surface area contributed by atoms with E-state index in [0.717, 1.165) is 11.1 Å². The van der Waals surface area contributed by atoms with Crippen LogP contribution >= 0.6 is 7.37 Å². The number of benzene rings is 2. The molecule has 0 saturated heterocycles. The molecular weight excluding hydrogens is 403 g/mol. The first-order valence-electron chi connectivity index (χ1n) is 9.80. The van der Waals surface area contributed by atoms with Crippen molar-refractivity contribution >= 4 is 19.2 Å². The largest absolute Gasteiger partial charge is 0.481 e. The highest BCUT2D eigenvalue weighted by atomic mass is 31.2. The van der Waals surface area contributed by atoms with Crippen molar-refractivity contribution in [3.05, 3.63) is 71.3 Å². The van der Waals surface area contributed by atoms with E-state index in [-0.39, 0.29) is 24.8 Å². The van der Waals surface area contributed by atoms with Crippen molar-refractivity contribution in [2.45, 2.75) is 38.5 Å². The van der Waals surface area contributed by atoms with Crippen molar-refractivity contribution in [1.29, 1.82) is 0 Å². The van der Waals surface area contributed by atoms with Crippen LogP contribution in [0.1, 0.15) is 36.5 Å². The first kappa shape index (κ1) is 23.8. The normalized spacial score (nSPS) is 15.2. The van der Waals surface area contributed by atoms with Gasteiger partial charge in [-0.3, -0.25) is 14.2 Å². The zero-order valence-corrected chi connectivity index (χ0v) is 18.1. The van der Waals surface area contributed by atoms with Crippen LogP contribution in [-0.2, 0) is 27.1 Å². The average molecular weight is 432 g/mol. The fourth-order valence-electron chi connectivity index (χ4n) is 3.37. The lowest BCUT2D eigenvalue weighted by Gasteiger charge is -2.29. The highest BCUT2D eigenvalue weighted by Gasteiger charge is 2.39. The van der Waals surface area contributed by atoms with E-state index < -0.39 is 31.2 Å². The number of carboxylic acid groups (broad SMARTS) is 1. The van der Waals surface area contributed by atoms with Crippen LogP contribution in [0.5, 0.6) is 0 Å². The predicted octanol–water partition coefficient (Wildman–Crippen LogP) is 2.92. The SMILES string of the molecule is CC(C)C(NC(=O)Cc1ccccc1)P(=O)(O)CC(C(=O)O)c1cccc(CN)c1. The number of carbonyl (C=O) groups excluding carboxylic acids is 1.